The lowest BCUT2D eigenvalue weighted by Crippen LogP contribution is -2.42. The molecule has 2 aliphatic heterocycles. The fraction of sp³-hybridized carbons (Fsp3) is 0.682. The first-order valence-electron chi connectivity index (χ1n) is 10.5. The number of hydrogen-bond donors (Lipinski definition) is 0. The molecule has 1 aromatic carbocycles. The van der Waals surface area contributed by atoms with Crippen LogP contribution in [0.2, 0.25) is 0 Å². The van der Waals surface area contributed by atoms with Crippen molar-refractivity contribution in [2.24, 2.45) is 5.41 Å². The summed E-state index contributed by atoms with van der Waals surface area (Å²) in [5.41, 5.74) is 0.634. The number of rotatable bonds is 4. The molecule has 0 saturated carbocycles. The van der Waals surface area contributed by atoms with E-state index in [4.69, 9.17) is 0 Å². The van der Waals surface area contributed by atoms with Crippen LogP contribution in [0.3, 0.4) is 0 Å². The number of hydrogen-bond acceptors (Lipinski definition) is 3. The van der Waals surface area contributed by atoms with E-state index < -0.39 is 10.0 Å². The van der Waals surface area contributed by atoms with Crippen molar-refractivity contribution in [3.8, 4) is 0 Å². The Morgan fingerprint density at radius 2 is 1.86 bits per heavy atom. The van der Waals surface area contributed by atoms with Crippen molar-refractivity contribution in [3.05, 3.63) is 29.8 Å². The molecular weight excluding hydrogens is 372 g/mol. The van der Waals surface area contributed by atoms with Crippen LogP contribution in [0.1, 0.15) is 76.6 Å². The molecule has 0 aliphatic carbocycles. The summed E-state index contributed by atoms with van der Waals surface area (Å²) < 4.78 is 27.9. The average molecular weight is 407 g/mol. The number of likely N-dealkylation sites (tertiary alicyclic amines) is 1. The van der Waals surface area contributed by atoms with Crippen molar-refractivity contribution < 1.29 is 13.2 Å². The van der Waals surface area contributed by atoms with Gasteiger partial charge in [0, 0.05) is 30.7 Å². The molecule has 0 bridgehead atoms. The fourth-order valence-corrected chi connectivity index (χ4v) is 6.29. The van der Waals surface area contributed by atoms with Gasteiger partial charge in [0.15, 0.2) is 0 Å². The SMILES string of the molecule is CC1CCCCN1S(=O)(=O)c1cccc(C(=O)N2CCCC2CC(C)(C)C)c1. The van der Waals surface area contributed by atoms with Crippen molar-refractivity contribution in [3.63, 3.8) is 0 Å². The van der Waals surface area contributed by atoms with Crippen LogP contribution >= 0.6 is 0 Å². The predicted octanol–water partition coefficient (Wildman–Crippen LogP) is 4.29. The summed E-state index contributed by atoms with van der Waals surface area (Å²) in [6, 6.07) is 6.87. The van der Waals surface area contributed by atoms with Gasteiger partial charge in [-0.15, -0.1) is 0 Å². The highest BCUT2D eigenvalue weighted by Crippen LogP contribution is 2.31. The van der Waals surface area contributed by atoms with Crippen LogP contribution in [0.15, 0.2) is 29.2 Å². The molecule has 2 heterocycles. The molecule has 28 heavy (non-hydrogen) atoms. The summed E-state index contributed by atoms with van der Waals surface area (Å²) in [7, 11) is -3.57. The third kappa shape index (κ3) is 4.60. The Kier molecular flexibility index (Phi) is 6.20. The van der Waals surface area contributed by atoms with Crippen molar-refractivity contribution in [2.75, 3.05) is 13.1 Å². The summed E-state index contributed by atoms with van der Waals surface area (Å²) in [5, 5.41) is 0. The molecule has 0 aromatic heterocycles. The molecule has 6 heteroatoms. The molecule has 2 fully saturated rings. The summed E-state index contributed by atoms with van der Waals surface area (Å²) in [4.78, 5) is 15.4. The first-order valence-corrected chi connectivity index (χ1v) is 12.0. The summed E-state index contributed by atoms with van der Waals surface area (Å²) >= 11 is 0. The van der Waals surface area contributed by atoms with E-state index in [0.29, 0.717) is 12.1 Å². The third-order valence-electron chi connectivity index (χ3n) is 5.92. The van der Waals surface area contributed by atoms with Gasteiger partial charge < -0.3 is 4.90 Å². The van der Waals surface area contributed by atoms with Gasteiger partial charge in [-0.25, -0.2) is 8.42 Å². The van der Waals surface area contributed by atoms with E-state index >= 15 is 0 Å². The molecule has 2 atom stereocenters. The highest BCUT2D eigenvalue weighted by Gasteiger charge is 2.34. The van der Waals surface area contributed by atoms with Gasteiger partial charge in [0.05, 0.1) is 4.90 Å². The summed E-state index contributed by atoms with van der Waals surface area (Å²) in [6.07, 6.45) is 5.84. The first kappa shape index (κ1) is 21.3. The van der Waals surface area contributed by atoms with Crippen molar-refractivity contribution in [1.29, 1.82) is 0 Å². The van der Waals surface area contributed by atoms with Crippen LogP contribution in [-0.2, 0) is 10.0 Å². The topological polar surface area (TPSA) is 57.7 Å². The molecule has 2 saturated heterocycles. The van der Waals surface area contributed by atoms with E-state index in [1.54, 1.807) is 28.6 Å². The Hall–Kier alpha value is -1.40. The molecule has 1 amide bonds. The van der Waals surface area contributed by atoms with Crippen molar-refractivity contribution >= 4 is 15.9 Å². The third-order valence-corrected chi connectivity index (χ3v) is 7.93. The van der Waals surface area contributed by atoms with Gasteiger partial charge in [-0.05, 0) is 62.6 Å². The number of sulfonamides is 1. The van der Waals surface area contributed by atoms with Crippen LogP contribution in [0.4, 0.5) is 0 Å². The Bertz CT molecular complexity index is 813. The maximum absolute atomic E-state index is 13.2. The highest BCUT2D eigenvalue weighted by atomic mass is 32.2. The average Bonchev–Trinajstić information content (AvgIpc) is 3.07. The van der Waals surface area contributed by atoms with Gasteiger partial charge in [-0.1, -0.05) is 33.3 Å². The number of piperidine rings is 1. The number of carbonyl (C=O) groups is 1. The quantitative estimate of drug-likeness (QED) is 0.749. The summed E-state index contributed by atoms with van der Waals surface area (Å²) in [5.74, 6) is -0.0458. The highest BCUT2D eigenvalue weighted by molar-refractivity contribution is 7.89. The minimum Gasteiger partial charge on any atom is -0.336 e. The molecule has 156 valence electrons. The molecule has 2 unspecified atom stereocenters. The van der Waals surface area contributed by atoms with E-state index in [2.05, 4.69) is 20.8 Å². The molecule has 0 N–H and O–H groups in total. The molecular formula is C22H34N2O3S. The van der Waals surface area contributed by atoms with E-state index in [1.165, 1.54) is 0 Å². The zero-order valence-corrected chi connectivity index (χ0v) is 18.5. The van der Waals surface area contributed by atoms with Gasteiger partial charge in [-0.2, -0.15) is 4.31 Å². The standard InChI is InChI=1S/C22H34N2O3S/c1-17-9-5-6-14-24(17)28(26,27)20-12-7-10-18(15-20)21(25)23-13-8-11-19(23)16-22(2,3)4/h7,10,12,15,17,19H,5-6,8-9,11,13-14,16H2,1-4H3. The lowest BCUT2D eigenvalue weighted by Gasteiger charge is -2.32. The van der Waals surface area contributed by atoms with Gasteiger partial charge in [0.1, 0.15) is 0 Å². The van der Waals surface area contributed by atoms with Gasteiger partial charge >= 0.3 is 0 Å². The van der Waals surface area contributed by atoms with Crippen LogP contribution in [-0.4, -0.2) is 48.7 Å². The van der Waals surface area contributed by atoms with E-state index in [1.807, 2.05) is 11.8 Å². The minimum absolute atomic E-state index is 0.00727. The molecule has 1 aromatic rings. The molecule has 5 nitrogen and oxygen atoms in total. The lowest BCUT2D eigenvalue weighted by atomic mass is 9.87. The van der Waals surface area contributed by atoms with Crippen LogP contribution in [0, 0.1) is 5.41 Å². The smallest absolute Gasteiger partial charge is 0.254 e. The van der Waals surface area contributed by atoms with Gasteiger partial charge in [-0.3, -0.25) is 4.79 Å². The first-order chi connectivity index (χ1) is 13.1. The maximum Gasteiger partial charge on any atom is 0.254 e. The Balaban J connectivity index is 1.83. The van der Waals surface area contributed by atoms with Crippen LogP contribution in [0.25, 0.3) is 0 Å². The van der Waals surface area contributed by atoms with E-state index in [0.717, 1.165) is 45.1 Å². The Morgan fingerprint density at radius 3 is 2.54 bits per heavy atom. The zero-order valence-electron chi connectivity index (χ0n) is 17.6. The van der Waals surface area contributed by atoms with Crippen LogP contribution < -0.4 is 0 Å². The van der Waals surface area contributed by atoms with E-state index in [-0.39, 0.29) is 28.3 Å². The second-order valence-electron chi connectivity index (χ2n) is 9.55. The number of amides is 1. The molecule has 2 aliphatic rings. The molecule has 0 spiro atoms. The van der Waals surface area contributed by atoms with Gasteiger partial charge in [0.25, 0.3) is 5.91 Å². The lowest BCUT2D eigenvalue weighted by molar-refractivity contribution is 0.0704. The second kappa shape index (κ2) is 8.15. The molecule has 3 rings (SSSR count). The number of carbonyl (C=O) groups excluding carboxylic acids is 1. The fourth-order valence-electron chi connectivity index (χ4n) is 4.54. The molecule has 0 radical (unpaired) electrons. The Labute approximate surface area is 170 Å². The van der Waals surface area contributed by atoms with Crippen molar-refractivity contribution in [1.82, 2.24) is 9.21 Å². The van der Waals surface area contributed by atoms with Gasteiger partial charge in [0.2, 0.25) is 10.0 Å². The van der Waals surface area contributed by atoms with Crippen LogP contribution in [0.5, 0.6) is 0 Å². The predicted molar refractivity (Wildman–Crippen MR) is 112 cm³/mol. The largest absolute Gasteiger partial charge is 0.336 e. The van der Waals surface area contributed by atoms with Crippen molar-refractivity contribution in [2.45, 2.75) is 83.2 Å². The maximum atomic E-state index is 13.2. The second-order valence-corrected chi connectivity index (χ2v) is 11.4. The summed E-state index contributed by atoms with van der Waals surface area (Å²) in [6.45, 7) is 9.86. The normalized spacial score (nSPS) is 24.5. The minimum atomic E-state index is -3.57. The zero-order chi connectivity index (χ0) is 20.5. The Morgan fingerprint density at radius 1 is 1.11 bits per heavy atom. The number of nitrogens with zero attached hydrogens (tertiary/aromatic N) is 2. The van der Waals surface area contributed by atoms with E-state index in [9.17, 15) is 13.2 Å². The number of benzene rings is 1. The monoisotopic (exact) mass is 406 g/mol.